The van der Waals surface area contributed by atoms with Crippen molar-refractivity contribution >= 4 is 57.7 Å². The van der Waals surface area contributed by atoms with Crippen LogP contribution in [0.1, 0.15) is 31.5 Å². The van der Waals surface area contributed by atoms with Gasteiger partial charge in [0.15, 0.2) is 10.3 Å². The minimum absolute atomic E-state index is 0.0578. The van der Waals surface area contributed by atoms with E-state index in [9.17, 15) is 19.2 Å². The average molecular weight is 566 g/mol. The van der Waals surface area contributed by atoms with Crippen molar-refractivity contribution in [3.63, 3.8) is 0 Å². The molecule has 2 aromatic rings. The molecule has 5 rings (SSSR count). The van der Waals surface area contributed by atoms with Crippen molar-refractivity contribution in [1.29, 1.82) is 0 Å². The van der Waals surface area contributed by atoms with Crippen LogP contribution in [0.2, 0.25) is 0 Å². The van der Waals surface area contributed by atoms with Gasteiger partial charge in [-0.1, -0.05) is 16.9 Å². The third-order valence-electron chi connectivity index (χ3n) is 5.93. The summed E-state index contributed by atoms with van der Waals surface area (Å²) < 4.78 is 5.46. The molecule has 2 amide bonds. The number of nitrogen functional groups attached to an aromatic ring is 1. The first-order valence-corrected chi connectivity index (χ1v) is 14.2. The van der Waals surface area contributed by atoms with Crippen molar-refractivity contribution in [2.24, 2.45) is 12.2 Å². The van der Waals surface area contributed by atoms with Gasteiger partial charge in [0.1, 0.15) is 17.5 Å². The van der Waals surface area contributed by atoms with Crippen molar-refractivity contribution in [2.75, 3.05) is 17.2 Å². The number of rotatable bonds is 8. The first kappa shape index (κ1) is 25.5. The summed E-state index contributed by atoms with van der Waals surface area (Å²) in [5.74, 6) is 0.275. The molecule has 0 radical (unpaired) electrons. The van der Waals surface area contributed by atoms with E-state index in [1.54, 1.807) is 18.1 Å². The molecule has 37 heavy (non-hydrogen) atoms. The van der Waals surface area contributed by atoms with Crippen LogP contribution in [0, 0.1) is 0 Å². The fourth-order valence-electron chi connectivity index (χ4n) is 4.03. The summed E-state index contributed by atoms with van der Waals surface area (Å²) >= 11 is 3.72. The number of nitrogens with one attached hydrogen (secondary N) is 2. The molecular weight excluding hydrogens is 542 g/mol. The Hall–Kier alpha value is -3.18. The van der Waals surface area contributed by atoms with Gasteiger partial charge in [-0.25, -0.2) is 0 Å². The highest BCUT2D eigenvalue weighted by Gasteiger charge is 2.50. The van der Waals surface area contributed by atoms with Crippen LogP contribution >= 0.6 is 35.1 Å². The standard InChI is InChI=1S/C20H23N9O5S3/c1-28-20(24-15(31)16(32)25-28)36-8-9-6-29-17(33)12(18(29)35-7-9)22-14(30)11(13-23-19(21)37-27-13)26-34-10-4-2-3-5-10/h6,10,12,18H,2-5,7-8H2,1H3,(H,22,30)(H,25,32)(H2,21,23,27)/t12?,18-/m1/s1. The minimum Gasteiger partial charge on any atom is -0.392 e. The number of aryl methyl sites for hydroxylation is 1. The number of β-lactam (4-membered cyclic amide) rings is 1. The SMILES string of the molecule is Cn1[nH]c(=O)c(=O)nc1SCC1=CN2C(=O)C(NC(=O)C(=NOC3CCCC3)c3nsc(N)n3)[C@H]2SC1. The Kier molecular flexibility index (Phi) is 7.34. The van der Waals surface area contributed by atoms with Crippen LogP contribution in [-0.2, 0) is 21.5 Å². The van der Waals surface area contributed by atoms with Gasteiger partial charge in [0.2, 0.25) is 11.5 Å². The molecule has 2 aromatic heterocycles. The fraction of sp³-hybridized carbons (Fsp3) is 0.500. The van der Waals surface area contributed by atoms with Crippen molar-refractivity contribution in [1.82, 2.24) is 34.3 Å². The number of aromatic amines is 1. The Bertz CT molecular complexity index is 1390. The van der Waals surface area contributed by atoms with Crippen molar-refractivity contribution in [3.05, 3.63) is 38.3 Å². The first-order valence-electron chi connectivity index (χ1n) is 11.4. The molecule has 2 aliphatic heterocycles. The lowest BCUT2D eigenvalue weighted by molar-refractivity contribution is -0.143. The molecule has 1 saturated carbocycles. The van der Waals surface area contributed by atoms with Crippen LogP contribution in [0.15, 0.2) is 31.7 Å². The summed E-state index contributed by atoms with van der Waals surface area (Å²) in [5.41, 5.74) is 4.89. The van der Waals surface area contributed by atoms with Crippen molar-refractivity contribution in [2.45, 2.75) is 48.4 Å². The second-order valence-electron chi connectivity index (χ2n) is 8.58. The molecular formula is C20H23N9O5S3. The van der Waals surface area contributed by atoms with E-state index in [2.05, 4.69) is 29.9 Å². The van der Waals surface area contributed by atoms with Crippen molar-refractivity contribution < 1.29 is 14.4 Å². The van der Waals surface area contributed by atoms with Gasteiger partial charge < -0.3 is 20.8 Å². The number of anilines is 1. The minimum atomic E-state index is -0.851. The zero-order valence-electron chi connectivity index (χ0n) is 19.6. The summed E-state index contributed by atoms with van der Waals surface area (Å²) in [7, 11) is 1.59. The van der Waals surface area contributed by atoms with E-state index in [0.29, 0.717) is 16.7 Å². The topological polar surface area (TPSA) is 191 Å². The quantitative estimate of drug-likeness (QED) is 0.125. The smallest absolute Gasteiger partial charge is 0.339 e. The van der Waals surface area contributed by atoms with Gasteiger partial charge in [-0.2, -0.15) is 14.3 Å². The Morgan fingerprint density at radius 2 is 2.11 bits per heavy atom. The molecule has 14 nitrogen and oxygen atoms in total. The zero-order valence-corrected chi connectivity index (χ0v) is 22.0. The zero-order chi connectivity index (χ0) is 26.1. The van der Waals surface area contributed by atoms with E-state index in [1.165, 1.54) is 28.2 Å². The molecule has 0 aromatic carbocycles. The number of carbonyl (C=O) groups is 2. The van der Waals surface area contributed by atoms with E-state index >= 15 is 0 Å². The number of carbonyl (C=O) groups excluding carboxylic acids is 2. The number of fused-ring (bicyclic) bond motifs is 1. The van der Waals surface area contributed by atoms with Crippen LogP contribution in [-0.4, -0.2) is 75.6 Å². The molecule has 17 heteroatoms. The summed E-state index contributed by atoms with van der Waals surface area (Å²) in [6.07, 6.45) is 5.50. The number of hydrogen-bond acceptors (Lipinski definition) is 13. The van der Waals surface area contributed by atoms with Gasteiger partial charge in [-0.15, -0.1) is 11.8 Å². The van der Waals surface area contributed by atoms with E-state index in [1.807, 2.05) is 0 Å². The normalized spacial score (nSPS) is 21.9. The Balaban J connectivity index is 1.23. The molecule has 2 atom stereocenters. The highest BCUT2D eigenvalue weighted by molar-refractivity contribution is 8.01. The molecule has 4 heterocycles. The molecule has 3 aliphatic rings. The van der Waals surface area contributed by atoms with Crippen LogP contribution in [0.4, 0.5) is 5.13 Å². The number of amides is 2. The number of oxime groups is 1. The van der Waals surface area contributed by atoms with Crippen molar-refractivity contribution in [3.8, 4) is 0 Å². The van der Waals surface area contributed by atoms with E-state index in [0.717, 1.165) is 42.8 Å². The van der Waals surface area contributed by atoms with Crippen LogP contribution in [0.25, 0.3) is 0 Å². The van der Waals surface area contributed by atoms with E-state index in [-0.39, 0.29) is 34.1 Å². The number of nitrogens with two attached hydrogens (primary N) is 1. The molecule has 0 bridgehead atoms. The molecule has 0 spiro atoms. The highest BCUT2D eigenvalue weighted by atomic mass is 32.2. The maximum atomic E-state index is 13.1. The van der Waals surface area contributed by atoms with Crippen LogP contribution in [0.3, 0.4) is 0 Å². The number of aromatic nitrogens is 5. The maximum Gasteiger partial charge on any atom is 0.339 e. The van der Waals surface area contributed by atoms with Gasteiger partial charge in [0.25, 0.3) is 11.8 Å². The maximum absolute atomic E-state index is 13.1. The number of nitrogens with zero attached hydrogens (tertiary/aromatic N) is 6. The fourth-order valence-corrected chi connectivity index (χ4v) is 6.74. The molecule has 2 fully saturated rings. The third-order valence-corrected chi connectivity index (χ3v) is 8.99. The molecule has 1 aliphatic carbocycles. The lowest BCUT2D eigenvalue weighted by Crippen LogP contribution is -2.69. The number of hydrogen-bond donors (Lipinski definition) is 3. The highest BCUT2D eigenvalue weighted by Crippen LogP contribution is 2.37. The lowest BCUT2D eigenvalue weighted by Gasteiger charge is -2.47. The number of thioether (sulfide) groups is 2. The second-order valence-corrected chi connectivity index (χ2v) is 11.4. The molecule has 196 valence electrons. The predicted molar refractivity (Wildman–Crippen MR) is 138 cm³/mol. The Labute approximate surface area is 222 Å². The first-order chi connectivity index (χ1) is 17.8. The van der Waals surface area contributed by atoms with E-state index < -0.39 is 23.1 Å². The molecule has 1 unspecified atom stereocenters. The third kappa shape index (κ3) is 5.42. The summed E-state index contributed by atoms with van der Waals surface area (Å²) in [5, 5.41) is 9.48. The second kappa shape index (κ2) is 10.7. The van der Waals surface area contributed by atoms with E-state index in [4.69, 9.17) is 10.6 Å². The Morgan fingerprint density at radius 1 is 1.32 bits per heavy atom. The van der Waals surface area contributed by atoms with Gasteiger partial charge in [-0.3, -0.25) is 29.0 Å². The van der Waals surface area contributed by atoms with Gasteiger partial charge in [0.05, 0.1) is 0 Å². The summed E-state index contributed by atoms with van der Waals surface area (Å²) in [6.45, 7) is 0. The van der Waals surface area contributed by atoms with Crippen LogP contribution in [0.5, 0.6) is 0 Å². The Morgan fingerprint density at radius 3 is 2.84 bits per heavy atom. The van der Waals surface area contributed by atoms with Crippen LogP contribution < -0.4 is 22.2 Å². The molecule has 1 saturated heterocycles. The van der Waals surface area contributed by atoms with Gasteiger partial charge in [0, 0.05) is 36.3 Å². The predicted octanol–water partition coefficient (Wildman–Crippen LogP) is -0.358. The number of H-pyrrole nitrogens is 1. The summed E-state index contributed by atoms with van der Waals surface area (Å²) in [4.78, 5) is 63.8. The largest absolute Gasteiger partial charge is 0.392 e. The average Bonchev–Trinajstić information content (AvgIpc) is 3.56. The van der Waals surface area contributed by atoms with Gasteiger partial charge >= 0.3 is 11.1 Å². The molecule has 4 N–H and O–H groups in total. The monoisotopic (exact) mass is 565 g/mol. The summed E-state index contributed by atoms with van der Waals surface area (Å²) in [6, 6.07) is -0.739. The lowest BCUT2D eigenvalue weighted by atomic mass is 10.1. The van der Waals surface area contributed by atoms with Gasteiger partial charge in [-0.05, 0) is 31.3 Å².